The predicted molar refractivity (Wildman–Crippen MR) is 198 cm³/mol. The van der Waals surface area contributed by atoms with Gasteiger partial charge in [-0.1, -0.05) is 13.0 Å². The SMILES string of the molecule is CCC(NC(=O)c1c(C)cc2c(c1O)-c1c(cc3c(c1O)C(=O)c1cc(OC)cc(O)c1C3=O)[C@H](O)[C@H]2O[C@@H]1O[C@H](C)[C@H](O)[C@H](O[C@@H]2OC[C@@H](O)[C@H](O)[C@H]2O)[C@H]1O)C(=O)O. The van der Waals surface area contributed by atoms with Crippen LogP contribution in [-0.2, 0) is 23.7 Å². The predicted octanol–water partition coefficient (Wildman–Crippen LogP) is -0.449. The van der Waals surface area contributed by atoms with E-state index in [0.717, 1.165) is 12.1 Å². The van der Waals surface area contributed by atoms with Gasteiger partial charge in [0.1, 0.15) is 77.9 Å². The molecule has 7 rings (SSSR count). The molecule has 1 amide bonds. The minimum Gasteiger partial charge on any atom is -0.507 e. The van der Waals surface area contributed by atoms with Crippen molar-refractivity contribution in [2.75, 3.05) is 13.7 Å². The molecular formula is C40H43NO19. The number of rotatable bonds is 9. The molecule has 1 unspecified atom stereocenters. The second-order valence-electron chi connectivity index (χ2n) is 15.0. The summed E-state index contributed by atoms with van der Waals surface area (Å²) < 4.78 is 28.2. The number of phenols is 3. The van der Waals surface area contributed by atoms with Crippen LogP contribution in [0.5, 0.6) is 23.0 Å². The molecule has 2 aliphatic carbocycles. The summed E-state index contributed by atoms with van der Waals surface area (Å²) in [6, 6.07) is 3.19. The maximum absolute atomic E-state index is 14.1. The number of hydrogen-bond acceptors (Lipinski definition) is 18. The first-order valence-corrected chi connectivity index (χ1v) is 18.8. The maximum Gasteiger partial charge on any atom is 0.326 e. The fourth-order valence-corrected chi connectivity index (χ4v) is 8.12. The van der Waals surface area contributed by atoms with Gasteiger partial charge in [-0.3, -0.25) is 14.4 Å². The van der Waals surface area contributed by atoms with Gasteiger partial charge in [0.15, 0.2) is 24.1 Å². The highest BCUT2D eigenvalue weighted by Crippen LogP contribution is 2.57. The van der Waals surface area contributed by atoms with Crippen molar-refractivity contribution in [2.24, 2.45) is 0 Å². The minimum atomic E-state index is -1.96. The van der Waals surface area contributed by atoms with Crippen molar-refractivity contribution in [3.63, 3.8) is 0 Å². The number of aryl methyl sites for hydroxylation is 1. The summed E-state index contributed by atoms with van der Waals surface area (Å²) in [6.07, 6.45) is -18.6. The van der Waals surface area contributed by atoms with Gasteiger partial charge in [0.2, 0.25) is 0 Å². The Morgan fingerprint density at radius 1 is 0.817 bits per heavy atom. The zero-order valence-corrected chi connectivity index (χ0v) is 32.3. The van der Waals surface area contributed by atoms with Gasteiger partial charge in [-0.25, -0.2) is 4.79 Å². The summed E-state index contributed by atoms with van der Waals surface area (Å²) >= 11 is 0. The summed E-state index contributed by atoms with van der Waals surface area (Å²) in [5.74, 6) is -6.73. The van der Waals surface area contributed by atoms with Gasteiger partial charge in [-0.2, -0.15) is 0 Å². The first-order valence-electron chi connectivity index (χ1n) is 18.8. The zero-order valence-electron chi connectivity index (χ0n) is 32.3. The molecule has 2 saturated heterocycles. The van der Waals surface area contributed by atoms with E-state index in [2.05, 4.69) is 5.32 Å². The number of aliphatic hydroxyl groups is 6. The number of aliphatic hydroxyl groups excluding tert-OH is 6. The van der Waals surface area contributed by atoms with Gasteiger partial charge in [-0.15, -0.1) is 0 Å². The standard InChI is InChI=1S/C40H43NO19/c1-5-18(38(54)55)41-37(53)21-11(2)6-17-24(31(21)49)23-15(9-16-25(32(23)50)28(46)14-7-13(56-4)8-19(42)22(14)27(16)45)29(47)35(17)59-40-34(52)36(26(44)12(3)58-40)60-39-33(51)30(48)20(43)10-57-39/h6-9,12,18,20,26,29-30,33-36,39-40,42-44,47-52H,5,10H2,1-4H3,(H,41,53)(H,54,55)/t12-,18?,20-,26+,29+,30+,33-,34-,35+,36+,39+,40+/m1/s1. The van der Waals surface area contributed by atoms with E-state index in [1.807, 2.05) is 0 Å². The molecule has 20 heteroatoms. The van der Waals surface area contributed by atoms with Crippen molar-refractivity contribution in [2.45, 2.75) is 101 Å². The molecule has 60 heavy (non-hydrogen) atoms. The van der Waals surface area contributed by atoms with Crippen molar-refractivity contribution in [1.82, 2.24) is 5.32 Å². The lowest BCUT2D eigenvalue weighted by molar-refractivity contribution is -0.353. The van der Waals surface area contributed by atoms with Crippen molar-refractivity contribution in [3.05, 3.63) is 68.8 Å². The summed E-state index contributed by atoms with van der Waals surface area (Å²) in [5, 5.41) is 112. The molecule has 2 fully saturated rings. The van der Waals surface area contributed by atoms with E-state index in [4.69, 9.17) is 23.7 Å². The lowest BCUT2D eigenvalue weighted by atomic mass is 9.74. The number of carbonyl (C=O) groups is 4. The summed E-state index contributed by atoms with van der Waals surface area (Å²) in [4.78, 5) is 53.6. The molecule has 322 valence electrons. The highest BCUT2D eigenvalue weighted by Gasteiger charge is 2.51. The first-order chi connectivity index (χ1) is 28.3. The Hall–Kier alpha value is -5.26. The summed E-state index contributed by atoms with van der Waals surface area (Å²) in [7, 11) is 1.26. The number of carbonyl (C=O) groups excluding carboxylic acids is 3. The summed E-state index contributed by atoms with van der Waals surface area (Å²) in [5.41, 5.74) is -3.62. The molecule has 2 heterocycles. The van der Waals surface area contributed by atoms with Crippen LogP contribution < -0.4 is 10.1 Å². The Bertz CT molecular complexity index is 2280. The molecule has 3 aromatic carbocycles. The first kappa shape index (κ1) is 42.8. The van der Waals surface area contributed by atoms with E-state index >= 15 is 0 Å². The second-order valence-corrected chi connectivity index (χ2v) is 15.0. The lowest BCUT2D eigenvalue weighted by Crippen LogP contribution is -2.62. The minimum absolute atomic E-state index is 0.00464. The molecule has 0 bridgehead atoms. The number of carboxylic acids is 1. The van der Waals surface area contributed by atoms with Gasteiger partial charge in [0.25, 0.3) is 5.91 Å². The Kier molecular flexibility index (Phi) is 11.4. The van der Waals surface area contributed by atoms with E-state index in [9.17, 15) is 70.2 Å². The Morgan fingerprint density at radius 3 is 2.12 bits per heavy atom. The molecule has 3 aromatic rings. The van der Waals surface area contributed by atoms with Crippen molar-refractivity contribution in [1.29, 1.82) is 0 Å². The van der Waals surface area contributed by atoms with Crippen LogP contribution in [0.15, 0.2) is 24.3 Å². The third-order valence-electron chi connectivity index (χ3n) is 11.3. The van der Waals surface area contributed by atoms with Crippen LogP contribution in [-0.4, -0.2) is 150 Å². The quantitative estimate of drug-likeness (QED) is 0.102. The molecule has 2 aliphatic heterocycles. The van der Waals surface area contributed by atoms with Gasteiger partial charge in [-0.05, 0) is 49.1 Å². The number of aromatic hydroxyl groups is 3. The molecule has 0 radical (unpaired) electrons. The largest absolute Gasteiger partial charge is 0.507 e. The number of nitrogens with one attached hydrogen (secondary N) is 1. The molecule has 0 saturated carbocycles. The molecule has 11 N–H and O–H groups in total. The van der Waals surface area contributed by atoms with Crippen LogP contribution in [0.4, 0.5) is 0 Å². The van der Waals surface area contributed by atoms with Gasteiger partial charge in [0, 0.05) is 28.3 Å². The van der Waals surface area contributed by atoms with Crippen molar-refractivity contribution >= 4 is 23.4 Å². The van der Waals surface area contributed by atoms with E-state index in [1.54, 1.807) is 0 Å². The van der Waals surface area contributed by atoms with E-state index in [0.29, 0.717) is 0 Å². The number of aliphatic carboxylic acids is 1. The number of ether oxygens (including phenoxy) is 5. The Balaban J connectivity index is 1.37. The van der Waals surface area contributed by atoms with Crippen LogP contribution in [0.3, 0.4) is 0 Å². The van der Waals surface area contributed by atoms with Crippen LogP contribution in [0, 0.1) is 6.92 Å². The second kappa shape index (κ2) is 16.0. The number of ketones is 2. The van der Waals surface area contributed by atoms with Gasteiger partial charge < -0.3 is 80.1 Å². The average Bonchev–Trinajstić information content (AvgIpc) is 3.20. The number of amides is 1. The van der Waals surface area contributed by atoms with Gasteiger partial charge >= 0.3 is 5.97 Å². The number of hydrogen-bond donors (Lipinski definition) is 11. The fourth-order valence-electron chi connectivity index (χ4n) is 8.12. The molecule has 0 aromatic heterocycles. The third-order valence-corrected chi connectivity index (χ3v) is 11.3. The van der Waals surface area contributed by atoms with Crippen LogP contribution in [0.25, 0.3) is 11.1 Å². The number of fused-ring (bicyclic) bond motifs is 5. The maximum atomic E-state index is 14.1. The molecule has 12 atom stereocenters. The topological polar surface area (TPSA) is 329 Å². The highest BCUT2D eigenvalue weighted by atomic mass is 16.7. The highest BCUT2D eigenvalue weighted by molar-refractivity contribution is 6.31. The number of methoxy groups -OCH3 is 1. The fraction of sp³-hybridized carbons (Fsp3) is 0.450. The van der Waals surface area contributed by atoms with E-state index in [-0.39, 0.29) is 34.4 Å². The zero-order chi connectivity index (χ0) is 43.8. The average molecular weight is 842 g/mol. The number of carboxylic acid groups (broad SMARTS) is 1. The normalized spacial score (nSPS) is 30.1. The van der Waals surface area contributed by atoms with E-state index in [1.165, 1.54) is 40.0 Å². The molecule has 20 nitrogen and oxygen atoms in total. The third kappa shape index (κ3) is 6.83. The molecule has 0 spiro atoms. The molecular weight excluding hydrogens is 798 g/mol. The van der Waals surface area contributed by atoms with Crippen LogP contribution >= 0.6 is 0 Å². The van der Waals surface area contributed by atoms with Crippen molar-refractivity contribution < 1.29 is 93.9 Å². The summed E-state index contributed by atoms with van der Waals surface area (Å²) in [6.45, 7) is 3.77. The molecule has 4 aliphatic rings. The van der Waals surface area contributed by atoms with E-state index < -0.39 is 154 Å². The van der Waals surface area contributed by atoms with Crippen LogP contribution in [0.2, 0.25) is 0 Å². The monoisotopic (exact) mass is 841 g/mol. The number of benzene rings is 3. The number of phenolic OH excluding ortho intramolecular Hbond substituents is 3. The smallest absolute Gasteiger partial charge is 0.326 e. The van der Waals surface area contributed by atoms with Gasteiger partial charge in [0.05, 0.1) is 36.5 Å². The lowest BCUT2D eigenvalue weighted by Gasteiger charge is -2.45. The Labute approximate surface area is 339 Å². The van der Waals surface area contributed by atoms with Crippen LogP contribution in [0.1, 0.15) is 91.4 Å². The van der Waals surface area contributed by atoms with Crippen molar-refractivity contribution in [3.8, 4) is 34.1 Å². The Morgan fingerprint density at radius 2 is 1.47 bits per heavy atom.